The summed E-state index contributed by atoms with van der Waals surface area (Å²) in [4.78, 5) is 0. The van der Waals surface area contributed by atoms with Crippen LogP contribution in [0.5, 0.6) is 0 Å². The van der Waals surface area contributed by atoms with Crippen LogP contribution in [0.2, 0.25) is 0 Å². The van der Waals surface area contributed by atoms with Crippen molar-refractivity contribution in [1.82, 2.24) is 0 Å². The zero-order valence-electron chi connectivity index (χ0n) is 9.01. The molecule has 0 unspecified atom stereocenters. The maximum absolute atomic E-state index is 10.1. The van der Waals surface area contributed by atoms with Gasteiger partial charge < -0.3 is 30.3 Å². The van der Waals surface area contributed by atoms with Gasteiger partial charge >= 0.3 is 0 Å². The molecule has 0 aromatic carbocycles. The standard InChI is InChI=1S/C9H18O6/c1-7(12)5(4-10)15-6(11)8(2,13)9(7,3)14/h5-6,10-14H,4H2,1-3H3/t5-,6-,7-,8-,9+/m0/s1. The zero-order valence-corrected chi connectivity index (χ0v) is 9.01. The Kier molecular flexibility index (Phi) is 2.89. The maximum atomic E-state index is 10.1. The molecule has 1 rings (SSSR count). The zero-order chi connectivity index (χ0) is 12.1. The molecule has 1 aliphatic heterocycles. The highest BCUT2D eigenvalue weighted by Gasteiger charge is 2.65. The Morgan fingerprint density at radius 2 is 1.53 bits per heavy atom. The van der Waals surface area contributed by atoms with E-state index in [-0.39, 0.29) is 0 Å². The molecule has 1 aliphatic rings. The molecule has 5 atom stereocenters. The molecule has 0 amide bonds. The third-order valence-corrected chi connectivity index (χ3v) is 3.54. The van der Waals surface area contributed by atoms with E-state index in [0.717, 1.165) is 6.92 Å². The summed E-state index contributed by atoms with van der Waals surface area (Å²) in [5.41, 5.74) is -5.91. The Hall–Kier alpha value is -0.240. The first-order valence-corrected chi connectivity index (χ1v) is 4.70. The minimum absolute atomic E-state index is 0.573. The summed E-state index contributed by atoms with van der Waals surface area (Å²) in [5, 5.41) is 48.3. The van der Waals surface area contributed by atoms with Gasteiger partial charge in [0, 0.05) is 0 Å². The number of aliphatic hydroxyl groups excluding tert-OH is 2. The second-order valence-electron chi connectivity index (χ2n) is 4.53. The third-order valence-electron chi connectivity index (χ3n) is 3.54. The smallest absolute Gasteiger partial charge is 0.187 e. The molecule has 0 aromatic rings. The summed E-state index contributed by atoms with van der Waals surface area (Å²) in [7, 11) is 0. The molecule has 0 aliphatic carbocycles. The van der Waals surface area contributed by atoms with Gasteiger partial charge in [-0.1, -0.05) is 0 Å². The van der Waals surface area contributed by atoms with Crippen LogP contribution in [0.3, 0.4) is 0 Å². The molecule has 0 spiro atoms. The summed E-state index contributed by atoms with van der Waals surface area (Å²) >= 11 is 0. The normalized spacial score (nSPS) is 56.8. The van der Waals surface area contributed by atoms with E-state index in [1.807, 2.05) is 0 Å². The molecule has 1 heterocycles. The lowest BCUT2D eigenvalue weighted by atomic mass is 9.68. The Morgan fingerprint density at radius 3 is 1.93 bits per heavy atom. The van der Waals surface area contributed by atoms with Crippen molar-refractivity contribution in [3.8, 4) is 0 Å². The van der Waals surface area contributed by atoms with Gasteiger partial charge in [-0.05, 0) is 20.8 Å². The lowest BCUT2D eigenvalue weighted by Crippen LogP contribution is -2.77. The molecule has 6 nitrogen and oxygen atoms in total. The molecule has 1 fully saturated rings. The summed E-state index contributed by atoms with van der Waals surface area (Å²) in [6.07, 6.45) is -2.84. The fourth-order valence-corrected chi connectivity index (χ4v) is 1.71. The molecule has 1 saturated heterocycles. The van der Waals surface area contributed by atoms with Crippen LogP contribution in [-0.4, -0.2) is 61.3 Å². The summed E-state index contributed by atoms with van der Waals surface area (Å²) in [6, 6.07) is 0. The van der Waals surface area contributed by atoms with Crippen LogP contribution >= 0.6 is 0 Å². The Balaban J connectivity index is 3.16. The fraction of sp³-hybridized carbons (Fsp3) is 1.00. The minimum Gasteiger partial charge on any atom is -0.394 e. The number of hydrogen-bond acceptors (Lipinski definition) is 6. The predicted molar refractivity (Wildman–Crippen MR) is 49.8 cm³/mol. The van der Waals surface area contributed by atoms with Crippen LogP contribution in [-0.2, 0) is 4.74 Å². The van der Waals surface area contributed by atoms with Gasteiger partial charge in [0.2, 0.25) is 0 Å². The molecule has 0 bridgehead atoms. The van der Waals surface area contributed by atoms with Gasteiger partial charge in [0.15, 0.2) is 6.29 Å². The first kappa shape index (κ1) is 12.8. The third kappa shape index (κ3) is 1.49. The molecule has 15 heavy (non-hydrogen) atoms. The van der Waals surface area contributed by atoms with Crippen molar-refractivity contribution in [2.45, 2.75) is 50.0 Å². The van der Waals surface area contributed by atoms with E-state index < -0.39 is 35.8 Å². The largest absolute Gasteiger partial charge is 0.394 e. The Bertz CT molecular complexity index is 247. The molecule has 5 N–H and O–H groups in total. The summed E-state index contributed by atoms with van der Waals surface area (Å²) in [5.74, 6) is 0. The van der Waals surface area contributed by atoms with Gasteiger partial charge in [0.25, 0.3) is 0 Å². The number of rotatable bonds is 1. The maximum Gasteiger partial charge on any atom is 0.187 e. The lowest BCUT2D eigenvalue weighted by Gasteiger charge is -2.56. The minimum atomic E-state index is -2.03. The van der Waals surface area contributed by atoms with E-state index in [1.165, 1.54) is 13.8 Å². The van der Waals surface area contributed by atoms with Crippen LogP contribution in [0.25, 0.3) is 0 Å². The number of ether oxygens (including phenoxy) is 1. The average Bonchev–Trinajstić information content (AvgIpc) is 2.10. The Labute approximate surface area is 87.7 Å². The van der Waals surface area contributed by atoms with Gasteiger partial charge in [0.05, 0.1) is 6.61 Å². The van der Waals surface area contributed by atoms with E-state index in [2.05, 4.69) is 0 Å². The van der Waals surface area contributed by atoms with Crippen molar-refractivity contribution in [2.24, 2.45) is 0 Å². The number of hydrogen-bond donors (Lipinski definition) is 5. The van der Waals surface area contributed by atoms with Crippen molar-refractivity contribution in [3.05, 3.63) is 0 Å². The first-order valence-electron chi connectivity index (χ1n) is 4.70. The van der Waals surface area contributed by atoms with E-state index >= 15 is 0 Å². The van der Waals surface area contributed by atoms with E-state index in [1.54, 1.807) is 0 Å². The van der Waals surface area contributed by atoms with Crippen LogP contribution in [0, 0.1) is 0 Å². The lowest BCUT2D eigenvalue weighted by molar-refractivity contribution is -0.382. The van der Waals surface area contributed by atoms with E-state index in [9.17, 15) is 20.4 Å². The second kappa shape index (κ2) is 3.38. The van der Waals surface area contributed by atoms with Crippen molar-refractivity contribution in [3.63, 3.8) is 0 Å². The topological polar surface area (TPSA) is 110 Å². The molecule has 0 radical (unpaired) electrons. The quantitative estimate of drug-likeness (QED) is 0.349. The predicted octanol–water partition coefficient (Wildman–Crippen LogP) is -2.05. The van der Waals surface area contributed by atoms with Crippen LogP contribution < -0.4 is 0 Å². The van der Waals surface area contributed by atoms with Gasteiger partial charge in [-0.15, -0.1) is 0 Å². The van der Waals surface area contributed by atoms with E-state index in [4.69, 9.17) is 9.84 Å². The van der Waals surface area contributed by atoms with Gasteiger partial charge in [-0.3, -0.25) is 0 Å². The number of aliphatic hydroxyl groups is 5. The van der Waals surface area contributed by atoms with Crippen molar-refractivity contribution >= 4 is 0 Å². The molecule has 90 valence electrons. The highest BCUT2D eigenvalue weighted by Crippen LogP contribution is 2.43. The van der Waals surface area contributed by atoms with Gasteiger partial charge in [-0.25, -0.2) is 0 Å². The Morgan fingerprint density at radius 1 is 1.07 bits per heavy atom. The van der Waals surface area contributed by atoms with E-state index in [0.29, 0.717) is 0 Å². The second-order valence-corrected chi connectivity index (χ2v) is 4.53. The van der Waals surface area contributed by atoms with Crippen molar-refractivity contribution in [1.29, 1.82) is 0 Å². The molecular weight excluding hydrogens is 204 g/mol. The molecule has 6 heteroatoms. The van der Waals surface area contributed by atoms with Crippen molar-refractivity contribution < 1.29 is 30.3 Å². The molecular formula is C9H18O6. The SMILES string of the molecule is C[C@@]1(O)[C@@](C)(O)[C@H](CO)O[C@H](O)[C@]1(C)O. The fourth-order valence-electron chi connectivity index (χ4n) is 1.71. The van der Waals surface area contributed by atoms with Crippen molar-refractivity contribution in [2.75, 3.05) is 6.61 Å². The monoisotopic (exact) mass is 222 g/mol. The molecule has 0 aromatic heterocycles. The highest BCUT2D eigenvalue weighted by atomic mass is 16.6. The van der Waals surface area contributed by atoms with Gasteiger partial charge in [-0.2, -0.15) is 0 Å². The summed E-state index contributed by atoms with van der Waals surface area (Å²) < 4.78 is 4.85. The first-order chi connectivity index (χ1) is 6.59. The average molecular weight is 222 g/mol. The van der Waals surface area contributed by atoms with Crippen LogP contribution in [0.1, 0.15) is 20.8 Å². The van der Waals surface area contributed by atoms with Gasteiger partial charge in [0.1, 0.15) is 22.9 Å². The van der Waals surface area contributed by atoms with Crippen LogP contribution in [0.15, 0.2) is 0 Å². The highest BCUT2D eigenvalue weighted by molar-refractivity contribution is 5.13. The summed E-state index contributed by atoms with van der Waals surface area (Å²) in [6.45, 7) is 2.99. The van der Waals surface area contributed by atoms with Crippen LogP contribution in [0.4, 0.5) is 0 Å². The molecule has 0 saturated carbocycles.